The molecule has 5 rings (SSSR count). The number of ketones is 1. The van der Waals surface area contributed by atoms with Crippen molar-refractivity contribution in [2.45, 2.75) is 69.5 Å². The lowest BCUT2D eigenvalue weighted by Crippen LogP contribution is -2.61. The van der Waals surface area contributed by atoms with Crippen molar-refractivity contribution in [1.29, 1.82) is 0 Å². The topological polar surface area (TPSA) is 114 Å². The highest BCUT2D eigenvalue weighted by molar-refractivity contribution is 5.92. The molecule has 4 aliphatic rings. The summed E-state index contributed by atoms with van der Waals surface area (Å²) in [5.74, 6) is -2.32. The Kier molecular flexibility index (Phi) is 5.87. The van der Waals surface area contributed by atoms with Crippen LogP contribution in [0.1, 0.15) is 39.7 Å². The van der Waals surface area contributed by atoms with E-state index < -0.39 is 40.6 Å². The Morgan fingerprint density at radius 2 is 1.83 bits per heavy atom. The first-order valence-corrected chi connectivity index (χ1v) is 12.5. The number of Topliss-reactive ketones (excluding diaryl/α,β-unsaturated/α-hetero) is 1. The summed E-state index contributed by atoms with van der Waals surface area (Å²) in [6.45, 7) is 7.15. The van der Waals surface area contributed by atoms with E-state index in [1.54, 1.807) is 6.92 Å². The molecule has 8 heteroatoms. The number of carbonyl (C=O) groups excluding carboxylic acids is 3. The summed E-state index contributed by atoms with van der Waals surface area (Å²) in [5.41, 5.74) is -2.76. The summed E-state index contributed by atoms with van der Waals surface area (Å²) in [7, 11) is 0. The SMILES string of the molecule is CC1CC=CC2C3OC3(C)C(C)C3C(Cc4ccccc4)NC(=O)C23OC(=O)OC=CC(C)(O)C1=O. The number of carbonyl (C=O) groups is 3. The number of cyclic esters (lactones) is 1. The molecule has 0 aromatic heterocycles. The Balaban J connectivity index is 1.58. The number of amides is 1. The van der Waals surface area contributed by atoms with Gasteiger partial charge in [-0.25, -0.2) is 4.79 Å². The Hall–Kier alpha value is -2.97. The zero-order chi connectivity index (χ0) is 25.9. The number of epoxide rings is 1. The lowest BCUT2D eigenvalue weighted by Gasteiger charge is -2.45. The third-order valence-electron chi connectivity index (χ3n) is 8.64. The number of allylic oxidation sites excluding steroid dienone is 1. The lowest BCUT2D eigenvalue weighted by atomic mass is 9.59. The molecular weight excluding hydrogens is 462 g/mol. The van der Waals surface area contributed by atoms with E-state index in [9.17, 15) is 19.5 Å². The molecule has 1 aromatic carbocycles. The molecule has 9 unspecified atom stereocenters. The molecule has 36 heavy (non-hydrogen) atoms. The van der Waals surface area contributed by atoms with Crippen molar-refractivity contribution in [2.24, 2.45) is 23.7 Å². The summed E-state index contributed by atoms with van der Waals surface area (Å²) < 4.78 is 17.3. The highest BCUT2D eigenvalue weighted by atomic mass is 16.7. The van der Waals surface area contributed by atoms with Gasteiger partial charge in [0.15, 0.2) is 5.78 Å². The molecule has 1 saturated carbocycles. The normalized spacial score (nSPS) is 44.0. The number of benzene rings is 1. The van der Waals surface area contributed by atoms with Crippen LogP contribution in [0.4, 0.5) is 4.79 Å². The minimum Gasteiger partial charge on any atom is -0.416 e. The van der Waals surface area contributed by atoms with E-state index in [2.05, 4.69) is 5.32 Å². The Morgan fingerprint density at radius 1 is 1.11 bits per heavy atom. The molecule has 1 aromatic rings. The maximum absolute atomic E-state index is 13.8. The van der Waals surface area contributed by atoms with E-state index in [1.807, 2.05) is 56.3 Å². The molecule has 9 atom stereocenters. The van der Waals surface area contributed by atoms with Gasteiger partial charge in [0.1, 0.15) is 5.60 Å². The van der Waals surface area contributed by atoms with Gasteiger partial charge in [0.05, 0.1) is 23.9 Å². The van der Waals surface area contributed by atoms with Crippen LogP contribution in [0.25, 0.3) is 0 Å². The fourth-order valence-electron chi connectivity index (χ4n) is 6.51. The zero-order valence-corrected chi connectivity index (χ0v) is 21.0. The van der Waals surface area contributed by atoms with Crippen molar-refractivity contribution in [3.05, 3.63) is 60.4 Å². The van der Waals surface area contributed by atoms with Crippen molar-refractivity contribution in [2.75, 3.05) is 0 Å². The number of hydrogen-bond acceptors (Lipinski definition) is 7. The fraction of sp³-hybridized carbons (Fsp3) is 0.536. The molecule has 1 aliphatic carbocycles. The number of ether oxygens (including phenoxy) is 3. The first-order chi connectivity index (χ1) is 17.0. The summed E-state index contributed by atoms with van der Waals surface area (Å²) in [4.78, 5) is 39.5. The molecule has 2 N–H and O–H groups in total. The second-order valence-corrected chi connectivity index (χ2v) is 11.0. The lowest BCUT2D eigenvalue weighted by molar-refractivity contribution is -0.153. The van der Waals surface area contributed by atoms with Gasteiger partial charge < -0.3 is 24.6 Å². The van der Waals surface area contributed by atoms with E-state index in [4.69, 9.17) is 14.2 Å². The first-order valence-electron chi connectivity index (χ1n) is 12.5. The van der Waals surface area contributed by atoms with E-state index in [-0.39, 0.29) is 29.9 Å². The van der Waals surface area contributed by atoms with Crippen LogP contribution in [0.2, 0.25) is 0 Å². The van der Waals surface area contributed by atoms with Gasteiger partial charge in [0, 0.05) is 17.9 Å². The van der Waals surface area contributed by atoms with Gasteiger partial charge in [0.25, 0.3) is 5.91 Å². The molecular formula is C28H33NO7. The molecule has 0 bridgehead atoms. The predicted molar refractivity (Wildman–Crippen MR) is 129 cm³/mol. The summed E-state index contributed by atoms with van der Waals surface area (Å²) >= 11 is 0. The summed E-state index contributed by atoms with van der Waals surface area (Å²) in [6, 6.07) is 9.58. The molecule has 8 nitrogen and oxygen atoms in total. The van der Waals surface area contributed by atoms with Crippen LogP contribution in [0, 0.1) is 23.7 Å². The molecule has 1 amide bonds. The van der Waals surface area contributed by atoms with Crippen LogP contribution in [0.3, 0.4) is 0 Å². The van der Waals surface area contributed by atoms with Crippen LogP contribution < -0.4 is 5.32 Å². The average molecular weight is 496 g/mol. The van der Waals surface area contributed by atoms with Gasteiger partial charge in [-0.15, -0.1) is 0 Å². The third-order valence-corrected chi connectivity index (χ3v) is 8.64. The van der Waals surface area contributed by atoms with E-state index in [1.165, 1.54) is 6.92 Å². The van der Waals surface area contributed by atoms with Crippen LogP contribution in [-0.4, -0.2) is 51.9 Å². The molecule has 0 radical (unpaired) electrons. The molecule has 3 aliphatic heterocycles. The largest absolute Gasteiger partial charge is 0.514 e. The molecule has 2 saturated heterocycles. The van der Waals surface area contributed by atoms with Crippen LogP contribution in [0.15, 0.2) is 54.8 Å². The van der Waals surface area contributed by atoms with Crippen molar-refractivity contribution in [1.82, 2.24) is 5.32 Å². The monoisotopic (exact) mass is 495 g/mol. The highest BCUT2D eigenvalue weighted by Crippen LogP contribution is 2.63. The van der Waals surface area contributed by atoms with Crippen LogP contribution >= 0.6 is 0 Å². The van der Waals surface area contributed by atoms with Gasteiger partial charge in [-0.1, -0.05) is 56.3 Å². The van der Waals surface area contributed by atoms with Gasteiger partial charge in [0.2, 0.25) is 5.60 Å². The zero-order valence-electron chi connectivity index (χ0n) is 21.0. The highest BCUT2D eigenvalue weighted by Gasteiger charge is 2.78. The van der Waals surface area contributed by atoms with Crippen molar-refractivity contribution >= 4 is 17.8 Å². The van der Waals surface area contributed by atoms with Crippen molar-refractivity contribution in [3.8, 4) is 0 Å². The smallest absolute Gasteiger partial charge is 0.416 e. The van der Waals surface area contributed by atoms with Gasteiger partial charge in [-0.3, -0.25) is 9.59 Å². The maximum Gasteiger partial charge on any atom is 0.514 e. The summed E-state index contributed by atoms with van der Waals surface area (Å²) in [6.07, 6.45) is 5.28. The van der Waals surface area contributed by atoms with Gasteiger partial charge >= 0.3 is 6.16 Å². The first kappa shape index (κ1) is 24.7. The standard InChI is InChI=1S/C28H33NO7/c1-16-9-8-12-19-23-27(4,35-23)17(2)21-20(15-18-10-6-5-7-11-18)29-24(31)28(19,21)36-25(32)34-14-13-26(3,33)22(16)30/h5-8,10-14,16-17,19-21,23,33H,9,15H2,1-4H3,(H,29,31). The Bertz CT molecular complexity index is 1130. The second-order valence-electron chi connectivity index (χ2n) is 11.0. The molecule has 3 heterocycles. The minimum absolute atomic E-state index is 0.0972. The fourth-order valence-corrected chi connectivity index (χ4v) is 6.51. The Morgan fingerprint density at radius 3 is 2.56 bits per heavy atom. The maximum atomic E-state index is 13.8. The predicted octanol–water partition coefficient (Wildman–Crippen LogP) is 3.09. The summed E-state index contributed by atoms with van der Waals surface area (Å²) in [5, 5.41) is 13.7. The van der Waals surface area contributed by atoms with Crippen LogP contribution in [-0.2, 0) is 30.2 Å². The number of hydrogen-bond donors (Lipinski definition) is 2. The van der Waals surface area contributed by atoms with Crippen molar-refractivity contribution < 1.29 is 33.7 Å². The number of aliphatic hydroxyl groups is 1. The van der Waals surface area contributed by atoms with E-state index in [0.29, 0.717) is 12.8 Å². The molecule has 192 valence electrons. The van der Waals surface area contributed by atoms with Gasteiger partial charge in [-0.2, -0.15) is 0 Å². The van der Waals surface area contributed by atoms with E-state index in [0.717, 1.165) is 17.9 Å². The molecule has 1 spiro atoms. The molecule has 3 fully saturated rings. The van der Waals surface area contributed by atoms with Crippen molar-refractivity contribution in [3.63, 3.8) is 0 Å². The third kappa shape index (κ3) is 3.78. The quantitative estimate of drug-likeness (QED) is 0.368. The average Bonchev–Trinajstić information content (AvgIpc) is 3.45. The van der Waals surface area contributed by atoms with E-state index >= 15 is 0 Å². The number of fused-ring (bicyclic) bond motifs is 2. The second kappa shape index (κ2) is 8.56. The minimum atomic E-state index is -1.81. The van der Waals surface area contributed by atoms with Crippen LogP contribution in [0.5, 0.6) is 0 Å². The van der Waals surface area contributed by atoms with Gasteiger partial charge in [-0.05, 0) is 44.2 Å². The Labute approximate surface area is 210 Å². The number of rotatable bonds is 2. The number of nitrogens with one attached hydrogen (secondary N) is 1.